The van der Waals surface area contributed by atoms with Gasteiger partial charge in [-0.3, -0.25) is 0 Å². The van der Waals surface area contributed by atoms with Gasteiger partial charge in [-0.15, -0.1) is 16.3 Å². The Labute approximate surface area is 90.6 Å². The van der Waals surface area contributed by atoms with Crippen LogP contribution in [0.5, 0.6) is 0 Å². The molecule has 0 bridgehead atoms. The van der Waals surface area contributed by atoms with Crippen molar-refractivity contribution in [1.82, 2.24) is 4.57 Å². The second kappa shape index (κ2) is 4.59. The van der Waals surface area contributed by atoms with Crippen LogP contribution in [0.2, 0.25) is 0 Å². The molecule has 1 amide bonds. The average molecular weight is 228 g/mol. The molecule has 15 heavy (non-hydrogen) atoms. The SMILES string of the molecule is O=C(O)N=c1sccn1C1CCOCC1. The second-order valence-electron chi connectivity index (χ2n) is 3.33. The van der Waals surface area contributed by atoms with E-state index in [2.05, 4.69) is 4.99 Å². The Kier molecular flexibility index (Phi) is 3.17. The van der Waals surface area contributed by atoms with Crippen molar-refractivity contribution < 1.29 is 14.6 Å². The monoisotopic (exact) mass is 228 g/mol. The highest BCUT2D eigenvalue weighted by Crippen LogP contribution is 2.19. The maximum atomic E-state index is 10.5. The number of ether oxygens (including phenoxy) is 1. The fourth-order valence-electron chi connectivity index (χ4n) is 1.69. The van der Waals surface area contributed by atoms with E-state index in [1.54, 1.807) is 0 Å². The molecule has 1 fully saturated rings. The van der Waals surface area contributed by atoms with Crippen LogP contribution in [0.25, 0.3) is 0 Å². The van der Waals surface area contributed by atoms with E-state index in [9.17, 15) is 4.79 Å². The summed E-state index contributed by atoms with van der Waals surface area (Å²) in [7, 11) is 0. The van der Waals surface area contributed by atoms with Gasteiger partial charge in [-0.1, -0.05) is 0 Å². The number of carboxylic acid groups (broad SMARTS) is 1. The first kappa shape index (κ1) is 10.4. The third-order valence-electron chi connectivity index (χ3n) is 2.39. The Hall–Kier alpha value is -1.14. The zero-order valence-electron chi connectivity index (χ0n) is 8.13. The molecule has 1 aromatic rings. The molecule has 1 N–H and O–H groups in total. The first-order valence-electron chi connectivity index (χ1n) is 4.78. The lowest BCUT2D eigenvalue weighted by Crippen LogP contribution is -2.26. The largest absolute Gasteiger partial charge is 0.463 e. The van der Waals surface area contributed by atoms with Gasteiger partial charge in [-0.05, 0) is 12.8 Å². The Balaban J connectivity index is 2.27. The molecule has 2 heterocycles. The number of hydrogen-bond donors (Lipinski definition) is 1. The lowest BCUT2D eigenvalue weighted by Gasteiger charge is -2.23. The average Bonchev–Trinajstić information content (AvgIpc) is 2.66. The van der Waals surface area contributed by atoms with Crippen LogP contribution in [-0.2, 0) is 4.74 Å². The Bertz CT molecular complexity index is 403. The van der Waals surface area contributed by atoms with Gasteiger partial charge in [0.2, 0.25) is 0 Å². The number of nitrogens with zero attached hydrogens (tertiary/aromatic N) is 2. The standard InChI is InChI=1S/C9H12N2O3S/c12-9(13)10-8-11(3-6-15-8)7-1-4-14-5-2-7/h3,6-7H,1-2,4-5H2,(H,12,13). The summed E-state index contributed by atoms with van der Waals surface area (Å²) < 4.78 is 7.19. The predicted molar refractivity (Wildman–Crippen MR) is 55.0 cm³/mol. The Morgan fingerprint density at radius 3 is 3.00 bits per heavy atom. The molecule has 0 saturated carbocycles. The van der Waals surface area contributed by atoms with Crippen LogP contribution in [0.3, 0.4) is 0 Å². The molecule has 5 nitrogen and oxygen atoms in total. The minimum absolute atomic E-state index is 0.322. The van der Waals surface area contributed by atoms with Crippen LogP contribution >= 0.6 is 11.3 Å². The first-order chi connectivity index (χ1) is 7.27. The molecule has 0 aromatic carbocycles. The highest BCUT2D eigenvalue weighted by molar-refractivity contribution is 7.07. The normalized spacial score (nSPS) is 19.3. The van der Waals surface area contributed by atoms with E-state index in [0.717, 1.165) is 26.1 Å². The van der Waals surface area contributed by atoms with Gasteiger partial charge in [-0.25, -0.2) is 4.79 Å². The Morgan fingerprint density at radius 1 is 1.60 bits per heavy atom. The molecular weight excluding hydrogens is 216 g/mol. The van der Waals surface area contributed by atoms with Crippen LogP contribution in [0.4, 0.5) is 4.79 Å². The Morgan fingerprint density at radius 2 is 2.33 bits per heavy atom. The third-order valence-corrected chi connectivity index (χ3v) is 3.16. The molecule has 1 saturated heterocycles. The topological polar surface area (TPSA) is 63.8 Å². The summed E-state index contributed by atoms with van der Waals surface area (Å²) in [6.45, 7) is 1.47. The molecule has 0 radical (unpaired) electrons. The quantitative estimate of drug-likeness (QED) is 0.791. The van der Waals surface area contributed by atoms with Crippen molar-refractivity contribution in [3.8, 4) is 0 Å². The summed E-state index contributed by atoms with van der Waals surface area (Å²) in [5, 5.41) is 10.5. The number of hydrogen-bond acceptors (Lipinski definition) is 3. The fraction of sp³-hybridized carbons (Fsp3) is 0.556. The van der Waals surface area contributed by atoms with Gasteiger partial charge in [0.05, 0.1) is 0 Å². The molecule has 0 spiro atoms. The number of amides is 1. The van der Waals surface area contributed by atoms with Crippen LogP contribution in [0.15, 0.2) is 16.6 Å². The summed E-state index contributed by atoms with van der Waals surface area (Å²) in [5.74, 6) is 0. The molecule has 0 unspecified atom stereocenters. The minimum Gasteiger partial charge on any atom is -0.463 e. The lowest BCUT2D eigenvalue weighted by molar-refractivity contribution is 0.0689. The minimum atomic E-state index is -1.14. The van der Waals surface area contributed by atoms with Gasteiger partial charge < -0.3 is 14.4 Å². The molecule has 0 aliphatic carbocycles. The molecule has 1 aromatic heterocycles. The summed E-state index contributed by atoms with van der Waals surface area (Å²) in [4.78, 5) is 14.6. The van der Waals surface area contributed by atoms with E-state index < -0.39 is 6.09 Å². The van der Waals surface area contributed by atoms with Gasteiger partial charge in [-0.2, -0.15) is 0 Å². The zero-order chi connectivity index (χ0) is 10.7. The number of thiazole rings is 1. The van der Waals surface area contributed by atoms with Gasteiger partial charge in [0.1, 0.15) is 0 Å². The smallest absolute Gasteiger partial charge is 0.433 e. The van der Waals surface area contributed by atoms with Crippen molar-refractivity contribution in [2.45, 2.75) is 18.9 Å². The predicted octanol–water partition coefficient (Wildman–Crippen LogP) is 1.48. The number of carbonyl (C=O) groups is 1. The van der Waals surface area contributed by atoms with E-state index in [4.69, 9.17) is 9.84 Å². The van der Waals surface area contributed by atoms with E-state index in [-0.39, 0.29) is 0 Å². The van der Waals surface area contributed by atoms with Crippen LogP contribution in [0.1, 0.15) is 18.9 Å². The summed E-state index contributed by atoms with van der Waals surface area (Å²) >= 11 is 1.35. The van der Waals surface area contributed by atoms with Crippen molar-refractivity contribution in [3.05, 3.63) is 16.4 Å². The fourth-order valence-corrected chi connectivity index (χ4v) is 2.46. The van der Waals surface area contributed by atoms with E-state index in [1.165, 1.54) is 11.3 Å². The lowest BCUT2D eigenvalue weighted by atomic mass is 10.1. The van der Waals surface area contributed by atoms with Gasteiger partial charge >= 0.3 is 6.09 Å². The summed E-state index contributed by atoms with van der Waals surface area (Å²) in [6, 6.07) is 0.322. The molecule has 82 valence electrons. The first-order valence-corrected chi connectivity index (χ1v) is 5.66. The zero-order valence-corrected chi connectivity index (χ0v) is 8.94. The molecule has 1 aliphatic heterocycles. The van der Waals surface area contributed by atoms with Crippen molar-refractivity contribution in [3.63, 3.8) is 0 Å². The second-order valence-corrected chi connectivity index (χ2v) is 4.20. The maximum Gasteiger partial charge on any atom is 0.433 e. The van der Waals surface area contributed by atoms with Gasteiger partial charge in [0.15, 0.2) is 4.80 Å². The van der Waals surface area contributed by atoms with E-state index in [1.807, 2.05) is 16.1 Å². The third kappa shape index (κ3) is 2.45. The van der Waals surface area contributed by atoms with Crippen LogP contribution in [0, 0.1) is 0 Å². The molecule has 6 heteroatoms. The van der Waals surface area contributed by atoms with Crippen molar-refractivity contribution in [1.29, 1.82) is 0 Å². The maximum absolute atomic E-state index is 10.5. The van der Waals surface area contributed by atoms with Crippen molar-refractivity contribution in [2.75, 3.05) is 13.2 Å². The molecule has 0 atom stereocenters. The van der Waals surface area contributed by atoms with Gasteiger partial charge in [0, 0.05) is 30.8 Å². The summed E-state index contributed by atoms with van der Waals surface area (Å²) in [5.41, 5.74) is 0. The number of aromatic nitrogens is 1. The van der Waals surface area contributed by atoms with Crippen LogP contribution < -0.4 is 4.80 Å². The van der Waals surface area contributed by atoms with Crippen molar-refractivity contribution in [2.24, 2.45) is 4.99 Å². The molecule has 1 aliphatic rings. The van der Waals surface area contributed by atoms with Gasteiger partial charge in [0.25, 0.3) is 0 Å². The highest BCUT2D eigenvalue weighted by Gasteiger charge is 2.16. The van der Waals surface area contributed by atoms with Crippen molar-refractivity contribution >= 4 is 17.4 Å². The molecule has 2 rings (SSSR count). The molecular formula is C9H12N2O3S. The summed E-state index contributed by atoms with van der Waals surface area (Å²) in [6.07, 6.45) is 2.59. The highest BCUT2D eigenvalue weighted by atomic mass is 32.1. The van der Waals surface area contributed by atoms with Crippen LogP contribution in [-0.4, -0.2) is 29.0 Å². The van der Waals surface area contributed by atoms with E-state index >= 15 is 0 Å². The number of rotatable bonds is 1. The van der Waals surface area contributed by atoms with E-state index in [0.29, 0.717) is 10.8 Å².